The van der Waals surface area contributed by atoms with Crippen molar-refractivity contribution in [3.05, 3.63) is 96.1 Å². The summed E-state index contributed by atoms with van der Waals surface area (Å²) in [6.45, 7) is 1.39. The van der Waals surface area contributed by atoms with Crippen molar-refractivity contribution in [2.45, 2.75) is 29.5 Å². The Morgan fingerprint density at radius 3 is 2.40 bits per heavy atom. The lowest BCUT2D eigenvalue weighted by molar-refractivity contribution is -0.128. The molecule has 5 heteroatoms. The molecule has 0 aliphatic carbocycles. The summed E-state index contributed by atoms with van der Waals surface area (Å²) in [5.74, 6) is 0.136. The molecule has 4 nitrogen and oxygen atoms in total. The number of thioether (sulfide) groups is 1. The maximum atomic E-state index is 13.2. The van der Waals surface area contributed by atoms with Crippen LogP contribution in [0.2, 0.25) is 0 Å². The molecule has 1 fully saturated rings. The van der Waals surface area contributed by atoms with E-state index in [0.717, 1.165) is 34.7 Å². The van der Waals surface area contributed by atoms with E-state index in [1.165, 1.54) is 11.8 Å². The molecule has 30 heavy (non-hydrogen) atoms. The van der Waals surface area contributed by atoms with E-state index in [9.17, 15) is 9.59 Å². The fraction of sp³-hybridized carbons (Fsp3) is 0.200. The van der Waals surface area contributed by atoms with Gasteiger partial charge in [0.1, 0.15) is 5.25 Å². The maximum absolute atomic E-state index is 13.2. The average molecular weight is 417 g/mol. The summed E-state index contributed by atoms with van der Waals surface area (Å²) < 4.78 is 0. The summed E-state index contributed by atoms with van der Waals surface area (Å²) in [7, 11) is 0. The van der Waals surface area contributed by atoms with E-state index in [0.29, 0.717) is 13.0 Å². The minimum Gasteiger partial charge on any atom is -0.338 e. The topological polar surface area (TPSA) is 49.4 Å². The van der Waals surface area contributed by atoms with Crippen LogP contribution in [0.4, 0.5) is 5.69 Å². The summed E-state index contributed by atoms with van der Waals surface area (Å²) in [6, 6.07) is 27.5. The van der Waals surface area contributed by atoms with Gasteiger partial charge in [0.25, 0.3) is 0 Å². The summed E-state index contributed by atoms with van der Waals surface area (Å²) >= 11 is 1.53. The Bertz CT molecular complexity index is 1010. The number of hydrogen-bond acceptors (Lipinski definition) is 3. The number of rotatable bonds is 7. The number of likely N-dealkylation sites (tertiary alicyclic amines) is 1. The molecule has 0 saturated carbocycles. The van der Waals surface area contributed by atoms with E-state index in [1.807, 2.05) is 89.8 Å². The normalized spacial score (nSPS) is 14.5. The first kappa shape index (κ1) is 20.2. The van der Waals surface area contributed by atoms with Gasteiger partial charge in [0, 0.05) is 30.1 Å². The van der Waals surface area contributed by atoms with Crippen LogP contribution in [0.25, 0.3) is 0 Å². The second kappa shape index (κ2) is 9.63. The van der Waals surface area contributed by atoms with Crippen LogP contribution < -0.4 is 5.32 Å². The molecule has 1 N–H and O–H groups in total. The lowest BCUT2D eigenvalue weighted by Gasteiger charge is -2.18. The summed E-state index contributed by atoms with van der Waals surface area (Å²) in [4.78, 5) is 28.1. The van der Waals surface area contributed by atoms with Gasteiger partial charge in [-0.15, -0.1) is 11.8 Å². The fourth-order valence-electron chi connectivity index (χ4n) is 3.58. The smallest absolute Gasteiger partial charge is 0.242 e. The number of benzene rings is 3. The van der Waals surface area contributed by atoms with Gasteiger partial charge < -0.3 is 10.2 Å². The van der Waals surface area contributed by atoms with Crippen molar-refractivity contribution in [2.24, 2.45) is 0 Å². The fourth-order valence-corrected chi connectivity index (χ4v) is 4.63. The third kappa shape index (κ3) is 5.10. The quantitative estimate of drug-likeness (QED) is 0.533. The predicted octanol–water partition coefficient (Wildman–Crippen LogP) is 5.28. The first-order valence-electron chi connectivity index (χ1n) is 10.1. The van der Waals surface area contributed by atoms with Gasteiger partial charge in [0.15, 0.2) is 0 Å². The highest BCUT2D eigenvalue weighted by Crippen LogP contribution is 2.36. The average Bonchev–Trinajstić information content (AvgIpc) is 3.18. The molecule has 1 unspecified atom stereocenters. The maximum Gasteiger partial charge on any atom is 0.242 e. The van der Waals surface area contributed by atoms with Crippen LogP contribution in [0.15, 0.2) is 89.8 Å². The summed E-state index contributed by atoms with van der Waals surface area (Å²) in [5.41, 5.74) is 2.73. The van der Waals surface area contributed by atoms with E-state index >= 15 is 0 Å². The predicted molar refractivity (Wildman–Crippen MR) is 121 cm³/mol. The lowest BCUT2D eigenvalue weighted by atomic mass is 10.1. The number of carbonyl (C=O) groups excluding carboxylic acids is 2. The van der Waals surface area contributed by atoms with Crippen LogP contribution >= 0.6 is 11.8 Å². The molecule has 1 aliphatic rings. The van der Waals surface area contributed by atoms with Crippen molar-refractivity contribution in [2.75, 3.05) is 11.9 Å². The highest BCUT2D eigenvalue weighted by molar-refractivity contribution is 8.00. The van der Waals surface area contributed by atoms with Crippen LogP contribution in [0, 0.1) is 0 Å². The van der Waals surface area contributed by atoms with Gasteiger partial charge in [-0.2, -0.15) is 0 Å². The van der Waals surface area contributed by atoms with Crippen molar-refractivity contribution >= 4 is 29.3 Å². The molecule has 1 atom stereocenters. The van der Waals surface area contributed by atoms with Gasteiger partial charge in [0.2, 0.25) is 11.8 Å². The van der Waals surface area contributed by atoms with Gasteiger partial charge in [-0.25, -0.2) is 0 Å². The van der Waals surface area contributed by atoms with E-state index in [1.54, 1.807) is 0 Å². The monoisotopic (exact) mass is 416 g/mol. The molecule has 2 amide bonds. The molecule has 3 aromatic rings. The molecule has 0 aromatic heterocycles. The number of hydrogen-bond donors (Lipinski definition) is 1. The van der Waals surface area contributed by atoms with Crippen LogP contribution in [0.1, 0.15) is 29.2 Å². The van der Waals surface area contributed by atoms with Crippen LogP contribution in [-0.2, 0) is 16.1 Å². The molecule has 1 saturated heterocycles. The lowest BCUT2D eigenvalue weighted by Crippen LogP contribution is -2.24. The zero-order valence-electron chi connectivity index (χ0n) is 16.7. The number of amides is 2. The molecule has 0 spiro atoms. The minimum atomic E-state index is -0.364. The molecular formula is C25H24N2O2S. The Morgan fingerprint density at radius 2 is 1.70 bits per heavy atom. The number of carbonyl (C=O) groups is 2. The first-order valence-corrected chi connectivity index (χ1v) is 11.0. The first-order chi connectivity index (χ1) is 14.7. The van der Waals surface area contributed by atoms with Gasteiger partial charge >= 0.3 is 0 Å². The van der Waals surface area contributed by atoms with Crippen LogP contribution in [0.3, 0.4) is 0 Å². The largest absolute Gasteiger partial charge is 0.338 e. The number of nitrogens with zero attached hydrogens (tertiary/aromatic N) is 1. The number of anilines is 1. The Labute approximate surface area is 181 Å². The molecular weight excluding hydrogens is 392 g/mol. The SMILES string of the molecule is O=C(Nc1cccc(CN2CCCC2=O)c1)C(Sc1ccccc1)c1ccccc1. The molecule has 1 heterocycles. The zero-order chi connectivity index (χ0) is 20.8. The third-order valence-electron chi connectivity index (χ3n) is 5.08. The van der Waals surface area contributed by atoms with Gasteiger partial charge in [-0.3, -0.25) is 9.59 Å². The summed E-state index contributed by atoms with van der Waals surface area (Å²) in [5, 5.41) is 2.71. The Hall–Kier alpha value is -3.05. The molecule has 1 aliphatic heterocycles. The van der Waals surface area contributed by atoms with Gasteiger partial charge in [0.05, 0.1) is 0 Å². The highest BCUT2D eigenvalue weighted by atomic mass is 32.2. The van der Waals surface area contributed by atoms with Crippen molar-refractivity contribution in [3.63, 3.8) is 0 Å². The van der Waals surface area contributed by atoms with Crippen molar-refractivity contribution < 1.29 is 9.59 Å². The second-order valence-electron chi connectivity index (χ2n) is 7.33. The minimum absolute atomic E-state index is 0.0653. The van der Waals surface area contributed by atoms with E-state index in [4.69, 9.17) is 0 Å². The zero-order valence-corrected chi connectivity index (χ0v) is 17.5. The van der Waals surface area contributed by atoms with E-state index in [2.05, 4.69) is 5.32 Å². The molecule has 3 aromatic carbocycles. The van der Waals surface area contributed by atoms with E-state index in [-0.39, 0.29) is 17.1 Å². The molecule has 0 bridgehead atoms. The standard InChI is InChI=1S/C25H24N2O2S/c28-23-15-8-16-27(23)18-19-9-7-12-21(17-19)26-25(29)24(20-10-3-1-4-11-20)30-22-13-5-2-6-14-22/h1-7,9-14,17,24H,8,15-16,18H2,(H,26,29). The Balaban J connectivity index is 1.51. The van der Waals surface area contributed by atoms with E-state index < -0.39 is 0 Å². The third-order valence-corrected chi connectivity index (χ3v) is 6.34. The molecule has 0 radical (unpaired) electrons. The van der Waals surface area contributed by atoms with Crippen LogP contribution in [-0.4, -0.2) is 23.3 Å². The Kier molecular flexibility index (Phi) is 6.50. The second-order valence-corrected chi connectivity index (χ2v) is 8.51. The summed E-state index contributed by atoms with van der Waals surface area (Å²) in [6.07, 6.45) is 1.55. The van der Waals surface area contributed by atoms with Crippen molar-refractivity contribution in [1.29, 1.82) is 0 Å². The van der Waals surface area contributed by atoms with Crippen LogP contribution in [0.5, 0.6) is 0 Å². The number of nitrogens with one attached hydrogen (secondary N) is 1. The Morgan fingerprint density at radius 1 is 0.967 bits per heavy atom. The highest BCUT2D eigenvalue weighted by Gasteiger charge is 2.23. The van der Waals surface area contributed by atoms with Gasteiger partial charge in [-0.05, 0) is 41.8 Å². The van der Waals surface area contributed by atoms with Crippen molar-refractivity contribution in [3.8, 4) is 0 Å². The molecule has 4 rings (SSSR count). The molecule has 152 valence electrons. The van der Waals surface area contributed by atoms with Crippen molar-refractivity contribution in [1.82, 2.24) is 4.90 Å². The van der Waals surface area contributed by atoms with Gasteiger partial charge in [-0.1, -0.05) is 60.7 Å².